The molecule has 6 heterocycles. The molecule has 1 aromatic carbocycles. The van der Waals surface area contributed by atoms with Crippen LogP contribution < -0.4 is 43.0 Å². The normalized spacial score (nSPS) is 22.1. The summed E-state index contributed by atoms with van der Waals surface area (Å²) in [6.45, 7) is 3.22. The number of alkyl halides is 3. The number of amides is 6. The maximum atomic E-state index is 13.6. The number of aromatic nitrogens is 4. The van der Waals surface area contributed by atoms with Crippen LogP contribution in [0.25, 0.3) is 11.2 Å². The van der Waals surface area contributed by atoms with Crippen LogP contribution in [0.15, 0.2) is 47.1 Å². The first kappa shape index (κ1) is 64.6. The number of benzene rings is 1. The molecule has 0 radical (unpaired) electrons. The second-order valence-corrected chi connectivity index (χ2v) is 22.5. The van der Waals surface area contributed by atoms with Crippen LogP contribution in [0.1, 0.15) is 86.4 Å². The van der Waals surface area contributed by atoms with Gasteiger partial charge in [0.15, 0.2) is 23.2 Å². The molecule has 27 nitrogen and oxygen atoms in total. The Morgan fingerprint density at radius 1 is 0.855 bits per heavy atom. The Morgan fingerprint density at radius 3 is 2.23 bits per heavy atom. The number of urea groups is 1. The number of aliphatic hydroxyl groups is 2. The van der Waals surface area contributed by atoms with E-state index in [1.165, 1.54) is 29.0 Å². The summed E-state index contributed by atoms with van der Waals surface area (Å²) in [6, 6.07) is 2.35. The van der Waals surface area contributed by atoms with Crippen LogP contribution in [-0.2, 0) is 43.8 Å². The number of nitrogens with zero attached hydrogens (tertiary/aromatic N) is 6. The van der Waals surface area contributed by atoms with Crippen LogP contribution in [0, 0.1) is 0 Å². The molecule has 4 aliphatic heterocycles. The molecule has 0 bridgehead atoms. The highest BCUT2D eigenvalue weighted by atomic mass is 32.2. The van der Waals surface area contributed by atoms with Crippen molar-refractivity contribution in [2.75, 3.05) is 88.4 Å². The number of carbonyl (C=O) groups excluding carboxylic acids is 5. The first-order valence-electron chi connectivity index (χ1n) is 27.6. The molecule has 6 amide bonds. The fraction of sp³-hybridized carbons (Fsp3) is 0.667. The summed E-state index contributed by atoms with van der Waals surface area (Å²) in [5.74, 6) is -1.15. The van der Waals surface area contributed by atoms with Crippen molar-refractivity contribution in [1.29, 1.82) is 0 Å². The van der Waals surface area contributed by atoms with Crippen LogP contribution >= 0.6 is 23.5 Å². The van der Waals surface area contributed by atoms with Gasteiger partial charge < -0.3 is 77.2 Å². The van der Waals surface area contributed by atoms with Gasteiger partial charge in [0.2, 0.25) is 17.7 Å². The van der Waals surface area contributed by atoms with Crippen molar-refractivity contribution in [1.82, 2.24) is 51.4 Å². The van der Waals surface area contributed by atoms with Crippen molar-refractivity contribution >= 4 is 76.1 Å². The lowest BCUT2D eigenvalue weighted by atomic mass is 10.0. The fourth-order valence-electron chi connectivity index (χ4n) is 9.30. The van der Waals surface area contributed by atoms with E-state index in [0.717, 1.165) is 49.3 Å². The number of hydrogen-bond acceptors (Lipinski definition) is 21. The molecule has 9 unspecified atom stereocenters. The van der Waals surface area contributed by atoms with Crippen LogP contribution in [-0.4, -0.2) is 207 Å². The average molecular weight is 1210 g/mol. The van der Waals surface area contributed by atoms with Crippen LogP contribution in [0.5, 0.6) is 0 Å². The molecule has 0 aliphatic carbocycles. The Morgan fingerprint density at radius 2 is 1.53 bits per heavy atom. The number of carboxylic acid groups (broad SMARTS) is 1. The highest BCUT2D eigenvalue weighted by Crippen LogP contribution is 2.52. The number of aliphatic carboxylic acids is 1. The number of anilines is 1. The third kappa shape index (κ3) is 18.7. The maximum Gasteiger partial charge on any atom is 0.442 e. The van der Waals surface area contributed by atoms with Crippen molar-refractivity contribution in [3.8, 4) is 0 Å². The molecule has 83 heavy (non-hydrogen) atoms. The van der Waals surface area contributed by atoms with E-state index < -0.39 is 78.6 Å². The zero-order chi connectivity index (χ0) is 59.4. The lowest BCUT2D eigenvalue weighted by molar-refractivity contribution is -0.166. The van der Waals surface area contributed by atoms with Crippen LogP contribution in [0.2, 0.25) is 0 Å². The third-order valence-electron chi connectivity index (χ3n) is 14.0. The second kappa shape index (κ2) is 31.8. The van der Waals surface area contributed by atoms with Crippen molar-refractivity contribution in [3.05, 3.63) is 48.0 Å². The molecule has 9 atom stereocenters. The number of rotatable bonds is 38. The molecule has 2 aromatic heterocycles. The Bertz CT molecular complexity index is 2660. The Kier molecular flexibility index (Phi) is 24.7. The van der Waals surface area contributed by atoms with Gasteiger partial charge in [0.05, 0.1) is 57.4 Å². The number of unbranched alkanes of at least 4 members (excludes halogenated alkanes) is 2. The molecular weight excluding hydrogens is 1140 g/mol. The lowest BCUT2D eigenvalue weighted by Crippen LogP contribution is -2.49. The highest BCUT2D eigenvalue weighted by molar-refractivity contribution is 8.00. The van der Waals surface area contributed by atoms with E-state index in [0.29, 0.717) is 99.6 Å². The standard InChI is InChI=1S/C51H73F3N14O13S2/c52-51(53,54)50(66-67-50)31-11-9-30(10-12-31)45(73)63-33(46(74)59-17-6-19-79-21-23-80-22-20-78-18-5-16-56-37(69)8-2-1-7-36-39-34(26-83-36)64-49(77)65-39)25-38(70)57-14-3-4-15-58-43-40-44(61-28-60-43)68(29-62-40)47-42(72)41(71)35(81-47)27-82-24-13-32(55)48(75)76/h9-12,28-29,32-36,39,41-42,47,71-72H,1-8,13-27,55H2,(H,56,69)(H,57,70)(H,59,74)(H,63,73)(H,75,76)(H,58,60,61)(H2,64,65,77). The first-order valence-corrected chi connectivity index (χ1v) is 29.8. The van der Waals surface area contributed by atoms with Gasteiger partial charge in [-0.2, -0.15) is 36.7 Å². The molecular formula is C51H73F3N14O13S2. The number of nitrogens with two attached hydrogens (primary N) is 1. The van der Waals surface area contributed by atoms with E-state index in [-0.39, 0.29) is 73.6 Å². The van der Waals surface area contributed by atoms with Crippen LogP contribution in [0.3, 0.4) is 0 Å². The predicted molar refractivity (Wildman–Crippen MR) is 296 cm³/mol. The number of fused-ring (bicyclic) bond motifs is 2. The molecule has 458 valence electrons. The third-order valence-corrected chi connectivity index (χ3v) is 16.6. The minimum absolute atomic E-state index is 0.00782. The Labute approximate surface area is 484 Å². The molecule has 7 rings (SSSR count). The van der Waals surface area contributed by atoms with E-state index >= 15 is 0 Å². The quantitative estimate of drug-likeness (QED) is 0.0286. The summed E-state index contributed by atoms with van der Waals surface area (Å²) in [5, 5.41) is 57.3. The van der Waals surface area contributed by atoms with Gasteiger partial charge >= 0.3 is 23.8 Å². The van der Waals surface area contributed by atoms with Gasteiger partial charge in [-0.1, -0.05) is 18.6 Å². The van der Waals surface area contributed by atoms with Gasteiger partial charge in [-0.25, -0.2) is 19.7 Å². The lowest BCUT2D eigenvalue weighted by Gasteiger charge is -2.19. The number of carboxylic acids is 1. The molecule has 0 spiro atoms. The van der Waals surface area contributed by atoms with Crippen molar-refractivity contribution < 1.29 is 76.2 Å². The summed E-state index contributed by atoms with van der Waals surface area (Å²) in [5.41, 5.74) is 3.23. The van der Waals surface area contributed by atoms with Gasteiger partial charge in [0.1, 0.15) is 30.6 Å². The number of imidazole rings is 1. The minimum atomic E-state index is -4.77. The minimum Gasteiger partial charge on any atom is -0.480 e. The van der Waals surface area contributed by atoms with Crippen LogP contribution in [0.4, 0.5) is 23.8 Å². The summed E-state index contributed by atoms with van der Waals surface area (Å²) >= 11 is 3.21. The van der Waals surface area contributed by atoms with Gasteiger partial charge in [0, 0.05) is 73.7 Å². The van der Waals surface area contributed by atoms with E-state index in [1.807, 2.05) is 11.8 Å². The number of thioether (sulfide) groups is 2. The maximum absolute atomic E-state index is 13.6. The largest absolute Gasteiger partial charge is 0.480 e. The van der Waals surface area contributed by atoms with Crippen molar-refractivity contribution in [2.24, 2.45) is 16.0 Å². The number of aliphatic hydroxyl groups excluding tert-OH is 2. The number of ether oxygens (including phenoxy) is 4. The first-order chi connectivity index (χ1) is 40.0. The van der Waals surface area contributed by atoms with Gasteiger partial charge in [0.25, 0.3) is 5.91 Å². The summed E-state index contributed by atoms with van der Waals surface area (Å²) in [6.07, 6.45) is -1.43. The van der Waals surface area contributed by atoms with Gasteiger partial charge in [-0.15, -0.1) is 10.2 Å². The van der Waals surface area contributed by atoms with E-state index in [4.69, 9.17) is 29.8 Å². The van der Waals surface area contributed by atoms with Crippen molar-refractivity contribution in [2.45, 2.75) is 130 Å². The SMILES string of the molecule is NC(CCSCC1OC(n2cnc3c(NCCCCNC(=O)CC(NC(=O)c4ccc(C5(C(F)(F)F)N=N5)cc4)C(=O)NCCCOCCOCCOCCCNC(=O)CCCCC4SCC5NC(=O)NC54)ncnc32)C(O)C1O)C(=O)O. The summed E-state index contributed by atoms with van der Waals surface area (Å²) < 4.78 is 65.0. The topological polar surface area (TPSA) is 379 Å². The molecule has 32 heteroatoms. The zero-order valence-electron chi connectivity index (χ0n) is 45.6. The van der Waals surface area contributed by atoms with Crippen molar-refractivity contribution in [3.63, 3.8) is 0 Å². The highest BCUT2D eigenvalue weighted by Gasteiger charge is 2.65. The molecule has 3 fully saturated rings. The molecule has 0 saturated carbocycles. The predicted octanol–water partition coefficient (Wildman–Crippen LogP) is 1.45. The Balaban J connectivity index is 0.758. The zero-order valence-corrected chi connectivity index (χ0v) is 47.2. The monoisotopic (exact) mass is 1210 g/mol. The number of nitrogens with one attached hydrogen (secondary N) is 7. The molecule has 12 N–H and O–H groups in total. The van der Waals surface area contributed by atoms with E-state index in [1.54, 1.807) is 0 Å². The number of halogens is 3. The summed E-state index contributed by atoms with van der Waals surface area (Å²) in [4.78, 5) is 87.8. The molecule has 4 aliphatic rings. The Hall–Kier alpha value is -6.00. The van der Waals surface area contributed by atoms with E-state index in [2.05, 4.69) is 62.4 Å². The smallest absolute Gasteiger partial charge is 0.442 e. The number of carbonyl (C=O) groups is 6. The molecule has 3 saturated heterocycles. The number of hydrogen-bond donors (Lipinski definition) is 11. The molecule has 3 aromatic rings. The second-order valence-electron chi connectivity index (χ2n) is 20.1. The fourth-order valence-corrected chi connectivity index (χ4v) is 11.9. The van der Waals surface area contributed by atoms with Gasteiger partial charge in [-0.3, -0.25) is 28.5 Å². The van der Waals surface area contributed by atoms with E-state index in [9.17, 15) is 52.2 Å². The summed E-state index contributed by atoms with van der Waals surface area (Å²) in [7, 11) is 0. The average Bonchev–Trinajstić information content (AvgIpc) is 3.66. The van der Waals surface area contributed by atoms with Gasteiger partial charge in [-0.05, 0) is 62.8 Å².